The fourth-order valence-electron chi connectivity index (χ4n) is 3.44. The number of carbonyl (C=O) groups excluding carboxylic acids is 2. The summed E-state index contributed by atoms with van der Waals surface area (Å²) in [5, 5.41) is 3.22. The third-order valence-electron chi connectivity index (χ3n) is 5.33. The number of nitrogens with zero attached hydrogens (tertiary/aromatic N) is 2. The molecule has 2 heterocycles. The SMILES string of the molecule is Cc1ccc(C2=C(Nc3ccc(C)c(C)c3)C(=O)N(Cc3ccccn3)C2=O)cc1. The van der Waals surface area contributed by atoms with Crippen molar-refractivity contribution in [1.82, 2.24) is 9.88 Å². The van der Waals surface area contributed by atoms with E-state index in [0.717, 1.165) is 16.8 Å². The van der Waals surface area contributed by atoms with Gasteiger partial charge in [-0.2, -0.15) is 0 Å². The molecule has 1 aliphatic rings. The molecule has 0 atom stereocenters. The normalized spacial score (nSPS) is 13.9. The minimum Gasteiger partial charge on any atom is -0.350 e. The maximum absolute atomic E-state index is 13.3. The summed E-state index contributed by atoms with van der Waals surface area (Å²) in [6, 6.07) is 19.0. The molecule has 3 aromatic rings. The van der Waals surface area contributed by atoms with E-state index in [1.54, 1.807) is 18.3 Å². The zero-order valence-corrected chi connectivity index (χ0v) is 17.3. The second kappa shape index (κ2) is 7.95. The van der Waals surface area contributed by atoms with E-state index in [4.69, 9.17) is 0 Å². The monoisotopic (exact) mass is 397 g/mol. The number of benzene rings is 2. The lowest BCUT2D eigenvalue weighted by Crippen LogP contribution is -2.32. The van der Waals surface area contributed by atoms with Gasteiger partial charge in [0.25, 0.3) is 11.8 Å². The van der Waals surface area contributed by atoms with Gasteiger partial charge in [0.2, 0.25) is 0 Å². The van der Waals surface area contributed by atoms with Crippen molar-refractivity contribution in [3.8, 4) is 0 Å². The molecular formula is C25H23N3O2. The lowest BCUT2D eigenvalue weighted by molar-refractivity contribution is -0.137. The van der Waals surface area contributed by atoms with Crippen molar-refractivity contribution in [2.75, 3.05) is 5.32 Å². The molecule has 0 bridgehead atoms. The second-order valence-electron chi connectivity index (χ2n) is 7.56. The number of imide groups is 1. The minimum absolute atomic E-state index is 0.131. The van der Waals surface area contributed by atoms with Crippen molar-refractivity contribution in [2.45, 2.75) is 27.3 Å². The lowest BCUT2D eigenvalue weighted by atomic mass is 10.0. The van der Waals surface area contributed by atoms with Crippen LogP contribution in [0.2, 0.25) is 0 Å². The molecule has 0 unspecified atom stereocenters. The molecule has 150 valence electrons. The molecule has 0 aliphatic carbocycles. The highest BCUT2D eigenvalue weighted by Crippen LogP contribution is 2.31. The summed E-state index contributed by atoms with van der Waals surface area (Å²) < 4.78 is 0. The molecule has 1 N–H and O–H groups in total. The first kappa shape index (κ1) is 19.6. The first-order chi connectivity index (χ1) is 14.4. The van der Waals surface area contributed by atoms with Gasteiger partial charge in [0.15, 0.2) is 0 Å². The van der Waals surface area contributed by atoms with Gasteiger partial charge in [0.1, 0.15) is 5.70 Å². The largest absolute Gasteiger partial charge is 0.350 e. The van der Waals surface area contributed by atoms with Crippen LogP contribution in [0.15, 0.2) is 72.6 Å². The number of amides is 2. The highest BCUT2D eigenvalue weighted by atomic mass is 16.2. The van der Waals surface area contributed by atoms with E-state index in [1.165, 1.54) is 10.5 Å². The topological polar surface area (TPSA) is 62.3 Å². The number of carbonyl (C=O) groups is 2. The van der Waals surface area contributed by atoms with Crippen LogP contribution in [0.4, 0.5) is 5.69 Å². The Morgan fingerprint density at radius 3 is 2.30 bits per heavy atom. The van der Waals surface area contributed by atoms with Gasteiger partial charge in [0.05, 0.1) is 17.8 Å². The number of aryl methyl sites for hydroxylation is 3. The molecule has 1 aliphatic heterocycles. The number of nitrogens with one attached hydrogen (secondary N) is 1. The van der Waals surface area contributed by atoms with Gasteiger partial charge >= 0.3 is 0 Å². The Kier molecular flexibility index (Phi) is 5.19. The Morgan fingerprint density at radius 1 is 0.867 bits per heavy atom. The van der Waals surface area contributed by atoms with Crippen molar-refractivity contribution >= 4 is 23.1 Å². The standard InChI is InChI=1S/C25H23N3O2/c1-16-7-10-19(11-8-16)22-23(27-20-12-9-17(2)18(3)14-20)25(30)28(24(22)29)15-21-6-4-5-13-26-21/h4-14,27H,15H2,1-3H3. The number of hydrogen-bond donors (Lipinski definition) is 1. The van der Waals surface area contributed by atoms with E-state index >= 15 is 0 Å². The maximum atomic E-state index is 13.3. The van der Waals surface area contributed by atoms with Crippen LogP contribution in [0.3, 0.4) is 0 Å². The van der Waals surface area contributed by atoms with Crippen LogP contribution in [0.5, 0.6) is 0 Å². The Morgan fingerprint density at radius 2 is 1.63 bits per heavy atom. The second-order valence-corrected chi connectivity index (χ2v) is 7.56. The first-order valence-electron chi connectivity index (χ1n) is 9.86. The summed E-state index contributed by atoms with van der Waals surface area (Å²) >= 11 is 0. The van der Waals surface area contributed by atoms with Gasteiger partial charge in [-0.05, 0) is 61.7 Å². The molecule has 4 rings (SSSR count). The summed E-state index contributed by atoms with van der Waals surface area (Å²) in [5.41, 5.74) is 6.20. The molecule has 0 spiro atoms. The summed E-state index contributed by atoms with van der Waals surface area (Å²) in [5.74, 6) is -0.666. The van der Waals surface area contributed by atoms with Crippen LogP contribution in [-0.4, -0.2) is 21.7 Å². The summed E-state index contributed by atoms with van der Waals surface area (Å²) in [4.78, 5) is 32.1. The zero-order chi connectivity index (χ0) is 21.3. The predicted molar refractivity (Wildman–Crippen MR) is 117 cm³/mol. The summed E-state index contributed by atoms with van der Waals surface area (Å²) in [7, 11) is 0. The van der Waals surface area contributed by atoms with Gasteiger partial charge in [0, 0.05) is 11.9 Å². The lowest BCUT2D eigenvalue weighted by Gasteiger charge is -2.15. The molecule has 5 nitrogen and oxygen atoms in total. The van der Waals surface area contributed by atoms with E-state index < -0.39 is 0 Å². The van der Waals surface area contributed by atoms with E-state index in [0.29, 0.717) is 22.5 Å². The molecule has 2 amide bonds. The number of pyridine rings is 1. The Bertz CT molecular complexity index is 1150. The predicted octanol–water partition coefficient (Wildman–Crippen LogP) is 4.40. The third-order valence-corrected chi connectivity index (χ3v) is 5.33. The molecule has 0 radical (unpaired) electrons. The fraction of sp³-hybridized carbons (Fsp3) is 0.160. The van der Waals surface area contributed by atoms with Crippen molar-refractivity contribution in [1.29, 1.82) is 0 Å². The fourth-order valence-corrected chi connectivity index (χ4v) is 3.44. The van der Waals surface area contributed by atoms with Crippen LogP contribution in [0, 0.1) is 20.8 Å². The Balaban J connectivity index is 1.75. The van der Waals surface area contributed by atoms with Crippen molar-refractivity contribution < 1.29 is 9.59 Å². The Labute approximate surface area is 176 Å². The average Bonchev–Trinajstić information content (AvgIpc) is 2.96. The molecule has 1 aromatic heterocycles. The van der Waals surface area contributed by atoms with E-state index in [2.05, 4.69) is 10.3 Å². The van der Waals surface area contributed by atoms with Gasteiger partial charge in [-0.15, -0.1) is 0 Å². The molecule has 2 aromatic carbocycles. The molecule has 30 heavy (non-hydrogen) atoms. The number of hydrogen-bond acceptors (Lipinski definition) is 4. The highest BCUT2D eigenvalue weighted by molar-refractivity contribution is 6.36. The molecule has 0 saturated heterocycles. The quantitative estimate of drug-likeness (QED) is 0.648. The van der Waals surface area contributed by atoms with E-state index in [1.807, 2.05) is 69.3 Å². The van der Waals surface area contributed by atoms with Crippen molar-refractivity contribution in [3.63, 3.8) is 0 Å². The highest BCUT2D eigenvalue weighted by Gasteiger charge is 2.39. The maximum Gasteiger partial charge on any atom is 0.278 e. The minimum atomic E-state index is -0.348. The first-order valence-corrected chi connectivity index (χ1v) is 9.86. The summed E-state index contributed by atoms with van der Waals surface area (Å²) in [6.07, 6.45) is 1.66. The molecule has 5 heteroatoms. The van der Waals surface area contributed by atoms with Gasteiger partial charge in [-0.1, -0.05) is 42.0 Å². The smallest absolute Gasteiger partial charge is 0.278 e. The van der Waals surface area contributed by atoms with Crippen LogP contribution in [0.1, 0.15) is 27.9 Å². The van der Waals surface area contributed by atoms with Gasteiger partial charge < -0.3 is 5.32 Å². The third kappa shape index (κ3) is 3.74. The van der Waals surface area contributed by atoms with Crippen LogP contribution in [0.25, 0.3) is 5.57 Å². The Hall–Kier alpha value is -3.73. The average molecular weight is 397 g/mol. The van der Waals surface area contributed by atoms with Crippen molar-refractivity contribution in [3.05, 3.63) is 101 Å². The van der Waals surface area contributed by atoms with Gasteiger partial charge in [-0.3, -0.25) is 19.5 Å². The van der Waals surface area contributed by atoms with E-state index in [9.17, 15) is 9.59 Å². The summed E-state index contributed by atoms with van der Waals surface area (Å²) in [6.45, 7) is 6.17. The van der Waals surface area contributed by atoms with Crippen LogP contribution < -0.4 is 5.32 Å². The van der Waals surface area contributed by atoms with Gasteiger partial charge in [-0.25, -0.2) is 0 Å². The molecule has 0 fully saturated rings. The molecule has 0 saturated carbocycles. The van der Waals surface area contributed by atoms with Crippen LogP contribution >= 0.6 is 0 Å². The number of aromatic nitrogens is 1. The van der Waals surface area contributed by atoms with Crippen molar-refractivity contribution in [2.24, 2.45) is 0 Å². The number of rotatable bonds is 5. The zero-order valence-electron chi connectivity index (χ0n) is 17.3. The van der Waals surface area contributed by atoms with E-state index in [-0.39, 0.29) is 18.4 Å². The molecular weight excluding hydrogens is 374 g/mol. The van der Waals surface area contributed by atoms with Crippen LogP contribution in [-0.2, 0) is 16.1 Å². The number of anilines is 1.